The number of aromatic amines is 1. The van der Waals surface area contributed by atoms with Gasteiger partial charge in [-0.3, -0.25) is 10.00 Å². The molecule has 3 rings (SSSR count). The van der Waals surface area contributed by atoms with E-state index in [0.717, 1.165) is 42.5 Å². The summed E-state index contributed by atoms with van der Waals surface area (Å²) in [7, 11) is 0. The monoisotopic (exact) mass is 335 g/mol. The van der Waals surface area contributed by atoms with Crippen molar-refractivity contribution in [3.63, 3.8) is 0 Å². The molecule has 0 aliphatic carbocycles. The van der Waals surface area contributed by atoms with Crippen molar-refractivity contribution < 1.29 is 5.11 Å². The molecule has 1 aromatic heterocycles. The topological polar surface area (TPSA) is 52.1 Å². The molecule has 0 unspecified atom stereocenters. The average molecular weight is 336 g/mol. The fourth-order valence-corrected chi connectivity index (χ4v) is 3.19. The van der Waals surface area contributed by atoms with E-state index in [0.29, 0.717) is 11.7 Å². The number of aromatic nitrogens is 2. The predicted molar refractivity (Wildman–Crippen MR) is 81.6 cm³/mol. The summed E-state index contributed by atoms with van der Waals surface area (Å²) in [6.07, 6.45) is 4.13. The smallest absolute Gasteiger partial charge is 0.115 e. The van der Waals surface area contributed by atoms with E-state index in [-0.39, 0.29) is 0 Å². The molecule has 1 aliphatic heterocycles. The second-order valence-corrected chi connectivity index (χ2v) is 6.19. The number of hydrogen-bond donors (Lipinski definition) is 2. The van der Waals surface area contributed by atoms with Crippen molar-refractivity contribution in [1.82, 2.24) is 15.1 Å². The van der Waals surface area contributed by atoms with Crippen LogP contribution in [0.5, 0.6) is 5.75 Å². The van der Waals surface area contributed by atoms with E-state index in [2.05, 4.69) is 37.1 Å². The number of aromatic hydroxyl groups is 1. The molecular weight excluding hydrogens is 318 g/mol. The first-order chi connectivity index (χ1) is 9.72. The summed E-state index contributed by atoms with van der Waals surface area (Å²) < 4.78 is 1.06. The Morgan fingerprint density at radius 1 is 1.30 bits per heavy atom. The number of nitrogens with zero attached hydrogens (tertiary/aromatic N) is 2. The number of piperidine rings is 1. The maximum atomic E-state index is 9.58. The SMILES string of the molecule is Oc1ccc(Br)c(CN2CCC(c3ccn[nH]3)CC2)c1. The van der Waals surface area contributed by atoms with Crippen LogP contribution in [-0.4, -0.2) is 33.3 Å². The van der Waals surface area contributed by atoms with Crippen molar-refractivity contribution >= 4 is 15.9 Å². The van der Waals surface area contributed by atoms with Gasteiger partial charge in [0.15, 0.2) is 0 Å². The van der Waals surface area contributed by atoms with E-state index >= 15 is 0 Å². The first-order valence-electron chi connectivity index (χ1n) is 6.91. The quantitative estimate of drug-likeness (QED) is 0.905. The molecule has 1 aromatic carbocycles. The summed E-state index contributed by atoms with van der Waals surface area (Å²) in [4.78, 5) is 2.44. The Labute approximate surface area is 126 Å². The third-order valence-corrected chi connectivity index (χ3v) is 4.75. The van der Waals surface area contributed by atoms with Crippen LogP contribution in [0.2, 0.25) is 0 Å². The Morgan fingerprint density at radius 2 is 2.10 bits per heavy atom. The van der Waals surface area contributed by atoms with Crippen LogP contribution in [0.25, 0.3) is 0 Å². The minimum atomic E-state index is 0.329. The van der Waals surface area contributed by atoms with E-state index < -0.39 is 0 Å². The molecule has 106 valence electrons. The normalized spacial score (nSPS) is 17.4. The van der Waals surface area contributed by atoms with Crippen LogP contribution in [0.3, 0.4) is 0 Å². The molecule has 5 heteroatoms. The maximum absolute atomic E-state index is 9.58. The molecule has 1 aliphatic rings. The Bertz CT molecular complexity index is 563. The Hall–Kier alpha value is -1.33. The van der Waals surface area contributed by atoms with Gasteiger partial charge in [0.1, 0.15) is 5.75 Å². The molecule has 0 saturated carbocycles. The van der Waals surface area contributed by atoms with Crippen LogP contribution in [0.15, 0.2) is 34.9 Å². The molecule has 1 fully saturated rings. The maximum Gasteiger partial charge on any atom is 0.115 e. The van der Waals surface area contributed by atoms with E-state index in [4.69, 9.17) is 0 Å². The predicted octanol–water partition coefficient (Wildman–Crippen LogP) is 3.26. The van der Waals surface area contributed by atoms with Crippen LogP contribution in [0.4, 0.5) is 0 Å². The molecule has 1 saturated heterocycles. The second kappa shape index (κ2) is 5.97. The third-order valence-electron chi connectivity index (χ3n) is 3.97. The first-order valence-corrected chi connectivity index (χ1v) is 7.70. The van der Waals surface area contributed by atoms with Crippen LogP contribution in [0, 0.1) is 0 Å². The lowest BCUT2D eigenvalue weighted by Gasteiger charge is -2.31. The first kappa shape index (κ1) is 13.6. The Morgan fingerprint density at radius 3 is 2.80 bits per heavy atom. The van der Waals surface area contributed by atoms with Gasteiger partial charge >= 0.3 is 0 Å². The van der Waals surface area contributed by atoms with Gasteiger partial charge < -0.3 is 5.11 Å². The molecule has 0 radical (unpaired) electrons. The molecular formula is C15H18BrN3O. The van der Waals surface area contributed by atoms with Crippen LogP contribution >= 0.6 is 15.9 Å². The zero-order chi connectivity index (χ0) is 13.9. The van der Waals surface area contributed by atoms with Gasteiger partial charge in [0.25, 0.3) is 0 Å². The van der Waals surface area contributed by atoms with Gasteiger partial charge in [-0.25, -0.2) is 0 Å². The number of halogens is 1. The second-order valence-electron chi connectivity index (χ2n) is 5.34. The molecule has 0 amide bonds. The number of phenols is 1. The number of H-pyrrole nitrogens is 1. The minimum Gasteiger partial charge on any atom is -0.508 e. The zero-order valence-electron chi connectivity index (χ0n) is 11.2. The van der Waals surface area contributed by atoms with Crippen molar-refractivity contribution in [1.29, 1.82) is 0 Å². The molecule has 0 spiro atoms. The van der Waals surface area contributed by atoms with E-state index in [9.17, 15) is 5.11 Å². The number of likely N-dealkylation sites (tertiary alicyclic amines) is 1. The molecule has 0 atom stereocenters. The number of nitrogens with one attached hydrogen (secondary N) is 1. The van der Waals surface area contributed by atoms with E-state index in [1.807, 2.05) is 18.3 Å². The Balaban J connectivity index is 1.60. The van der Waals surface area contributed by atoms with Gasteiger partial charge in [0.2, 0.25) is 0 Å². The fraction of sp³-hybridized carbons (Fsp3) is 0.400. The lowest BCUT2D eigenvalue weighted by Crippen LogP contribution is -2.32. The number of phenolic OH excluding ortho intramolecular Hbond substituents is 1. The average Bonchev–Trinajstić information content (AvgIpc) is 2.98. The molecule has 4 nitrogen and oxygen atoms in total. The van der Waals surface area contributed by atoms with Crippen molar-refractivity contribution in [2.45, 2.75) is 25.3 Å². The van der Waals surface area contributed by atoms with Gasteiger partial charge in [-0.1, -0.05) is 15.9 Å². The van der Waals surface area contributed by atoms with Crippen molar-refractivity contribution in [3.05, 3.63) is 46.2 Å². The highest BCUT2D eigenvalue weighted by Crippen LogP contribution is 2.29. The highest BCUT2D eigenvalue weighted by molar-refractivity contribution is 9.10. The van der Waals surface area contributed by atoms with Gasteiger partial charge in [-0.05, 0) is 55.8 Å². The third kappa shape index (κ3) is 3.04. The fourth-order valence-electron chi connectivity index (χ4n) is 2.82. The molecule has 2 aromatic rings. The molecule has 2 N–H and O–H groups in total. The van der Waals surface area contributed by atoms with Crippen molar-refractivity contribution in [2.75, 3.05) is 13.1 Å². The zero-order valence-corrected chi connectivity index (χ0v) is 12.8. The standard InChI is InChI=1S/C15H18BrN3O/c16-14-2-1-13(20)9-12(14)10-19-7-4-11(5-8-19)15-3-6-17-18-15/h1-3,6,9,11,20H,4-5,7-8,10H2,(H,17,18). The highest BCUT2D eigenvalue weighted by Gasteiger charge is 2.21. The van der Waals surface area contributed by atoms with Crippen LogP contribution in [0.1, 0.15) is 30.0 Å². The van der Waals surface area contributed by atoms with Crippen molar-refractivity contribution in [2.24, 2.45) is 0 Å². The Kier molecular flexibility index (Phi) is 4.08. The summed E-state index contributed by atoms with van der Waals surface area (Å²) >= 11 is 3.55. The molecule has 20 heavy (non-hydrogen) atoms. The molecule has 0 bridgehead atoms. The van der Waals surface area contributed by atoms with Crippen molar-refractivity contribution in [3.8, 4) is 5.75 Å². The van der Waals surface area contributed by atoms with Gasteiger partial charge in [0, 0.05) is 28.8 Å². The van der Waals surface area contributed by atoms with Crippen LogP contribution in [-0.2, 0) is 6.54 Å². The minimum absolute atomic E-state index is 0.329. The summed E-state index contributed by atoms with van der Waals surface area (Å²) in [5.74, 6) is 0.928. The van der Waals surface area contributed by atoms with Gasteiger partial charge in [-0.15, -0.1) is 0 Å². The van der Waals surface area contributed by atoms with E-state index in [1.54, 1.807) is 6.07 Å². The van der Waals surface area contributed by atoms with Gasteiger partial charge in [-0.2, -0.15) is 5.10 Å². The van der Waals surface area contributed by atoms with Crippen LogP contribution < -0.4 is 0 Å². The number of rotatable bonds is 3. The summed E-state index contributed by atoms with van der Waals surface area (Å²) in [5, 5.41) is 16.7. The number of benzene rings is 1. The van der Waals surface area contributed by atoms with E-state index in [1.165, 1.54) is 5.69 Å². The lowest BCUT2D eigenvalue weighted by molar-refractivity contribution is 0.203. The largest absolute Gasteiger partial charge is 0.508 e. The lowest BCUT2D eigenvalue weighted by atomic mass is 9.93. The van der Waals surface area contributed by atoms with Gasteiger partial charge in [0.05, 0.1) is 0 Å². The molecule has 2 heterocycles. The summed E-state index contributed by atoms with van der Waals surface area (Å²) in [6.45, 7) is 3.03. The highest BCUT2D eigenvalue weighted by atomic mass is 79.9. The summed E-state index contributed by atoms with van der Waals surface area (Å²) in [6, 6.07) is 7.53. The number of hydrogen-bond acceptors (Lipinski definition) is 3. The summed E-state index contributed by atoms with van der Waals surface area (Å²) in [5.41, 5.74) is 2.40.